The molecule has 0 radical (unpaired) electrons. The second-order valence-electron chi connectivity index (χ2n) is 9.09. The molecule has 4 rings (SSSR count). The van der Waals surface area contributed by atoms with Crippen LogP contribution in [0.2, 0.25) is 0 Å². The molecule has 2 unspecified atom stereocenters. The summed E-state index contributed by atoms with van der Waals surface area (Å²) >= 11 is 0. The molecule has 0 bridgehead atoms. The van der Waals surface area contributed by atoms with Gasteiger partial charge in [0, 0.05) is 37.3 Å². The Bertz CT molecular complexity index is 1150. The fraction of sp³-hybridized carbons (Fsp3) is 0.500. The third kappa shape index (κ3) is 5.84. The monoisotopic (exact) mass is 496 g/mol. The molecule has 0 amide bonds. The minimum Gasteiger partial charge on any atom is -0.491 e. The molecule has 2 atom stereocenters. The van der Waals surface area contributed by atoms with Crippen molar-refractivity contribution in [3.8, 4) is 28.4 Å². The fourth-order valence-corrected chi connectivity index (χ4v) is 4.48. The van der Waals surface area contributed by atoms with Crippen molar-refractivity contribution in [1.82, 2.24) is 25.8 Å². The van der Waals surface area contributed by atoms with E-state index in [1.807, 2.05) is 52.1 Å². The van der Waals surface area contributed by atoms with Crippen LogP contribution in [-0.2, 0) is 4.74 Å². The normalized spacial score (nSPS) is 16.8. The highest BCUT2D eigenvalue weighted by Gasteiger charge is 2.26. The zero-order valence-electron chi connectivity index (χ0n) is 21.7. The highest BCUT2D eigenvalue weighted by molar-refractivity contribution is 5.75. The Morgan fingerprint density at radius 2 is 2.03 bits per heavy atom. The van der Waals surface area contributed by atoms with E-state index in [1.165, 1.54) is 0 Å². The number of benzene rings is 1. The Labute approximate surface area is 212 Å². The molecule has 2 aromatic heterocycles. The summed E-state index contributed by atoms with van der Waals surface area (Å²) in [4.78, 5) is 12.3. The van der Waals surface area contributed by atoms with Gasteiger partial charge in [0.1, 0.15) is 30.0 Å². The molecule has 3 aromatic rings. The van der Waals surface area contributed by atoms with E-state index in [1.54, 1.807) is 7.05 Å². The number of hydrogen-bond donors (Lipinski definition) is 3. The van der Waals surface area contributed by atoms with Gasteiger partial charge in [0.15, 0.2) is 5.82 Å². The van der Waals surface area contributed by atoms with E-state index in [0.717, 1.165) is 59.3 Å². The van der Waals surface area contributed by atoms with Crippen molar-refractivity contribution in [3.63, 3.8) is 0 Å². The largest absolute Gasteiger partial charge is 0.491 e. The number of rotatable bonds is 10. The maximum atomic E-state index is 10.0. The zero-order chi connectivity index (χ0) is 25.7. The van der Waals surface area contributed by atoms with Crippen LogP contribution in [0.3, 0.4) is 0 Å². The average molecular weight is 497 g/mol. The van der Waals surface area contributed by atoms with Crippen LogP contribution in [0.5, 0.6) is 5.75 Å². The molecule has 36 heavy (non-hydrogen) atoms. The van der Waals surface area contributed by atoms with Crippen LogP contribution in [-0.4, -0.2) is 85.9 Å². The summed E-state index contributed by atoms with van der Waals surface area (Å²) < 4.78 is 17.2. The standard InChI is InChI=1S/C26H36N6O4/c1-16-24(23-17(2)31-36-18(23)3)29-25(30-26(16)32-9-10-34-22(14-32)13-28-5)19-7-6-8-21(11-19)35-15-20(33)12-27-4/h6-8,11,20,22,27-28,33H,9-10,12-15H2,1-5H3. The Morgan fingerprint density at radius 3 is 2.75 bits per heavy atom. The van der Waals surface area contributed by atoms with Crippen molar-refractivity contribution >= 4 is 5.82 Å². The van der Waals surface area contributed by atoms with E-state index >= 15 is 0 Å². The topological polar surface area (TPSA) is 118 Å². The smallest absolute Gasteiger partial charge is 0.162 e. The number of nitrogens with zero attached hydrogens (tertiary/aromatic N) is 4. The maximum absolute atomic E-state index is 10.0. The predicted octanol–water partition coefficient (Wildman–Crippen LogP) is 2.11. The minimum absolute atomic E-state index is 0.0739. The first-order chi connectivity index (χ1) is 17.4. The van der Waals surface area contributed by atoms with E-state index in [9.17, 15) is 5.11 Å². The fourth-order valence-electron chi connectivity index (χ4n) is 4.48. The van der Waals surface area contributed by atoms with Gasteiger partial charge < -0.3 is 34.6 Å². The Hall–Kier alpha value is -3.05. The van der Waals surface area contributed by atoms with Crippen molar-refractivity contribution in [2.24, 2.45) is 0 Å². The van der Waals surface area contributed by atoms with Crippen molar-refractivity contribution < 1.29 is 19.1 Å². The number of nitrogens with one attached hydrogen (secondary N) is 2. The first kappa shape index (κ1) is 26.0. The van der Waals surface area contributed by atoms with Gasteiger partial charge in [-0.1, -0.05) is 17.3 Å². The van der Waals surface area contributed by atoms with Gasteiger partial charge in [-0.15, -0.1) is 0 Å². The third-order valence-corrected chi connectivity index (χ3v) is 6.23. The summed E-state index contributed by atoms with van der Waals surface area (Å²) in [6.07, 6.45) is -0.524. The van der Waals surface area contributed by atoms with Crippen LogP contribution in [0, 0.1) is 20.8 Å². The predicted molar refractivity (Wildman–Crippen MR) is 138 cm³/mol. The molecule has 1 aliphatic heterocycles. The first-order valence-corrected chi connectivity index (χ1v) is 12.3. The van der Waals surface area contributed by atoms with E-state index < -0.39 is 6.10 Å². The summed E-state index contributed by atoms with van der Waals surface area (Å²) in [7, 11) is 3.72. The number of morpholine rings is 1. The summed E-state index contributed by atoms with van der Waals surface area (Å²) in [5.41, 5.74) is 4.28. The molecule has 3 heterocycles. The van der Waals surface area contributed by atoms with Gasteiger partial charge in [-0.05, 0) is 47.0 Å². The molecule has 0 spiro atoms. The molecule has 10 nitrogen and oxygen atoms in total. The molecule has 1 aliphatic rings. The lowest BCUT2D eigenvalue weighted by Crippen LogP contribution is -2.46. The molecule has 0 saturated carbocycles. The molecule has 1 aromatic carbocycles. The van der Waals surface area contributed by atoms with Crippen molar-refractivity contribution in [1.29, 1.82) is 0 Å². The second kappa shape index (κ2) is 11.8. The number of hydrogen-bond acceptors (Lipinski definition) is 10. The number of aliphatic hydroxyl groups excluding tert-OH is 1. The number of likely N-dealkylation sites (N-methyl/N-ethyl adjacent to an activating group) is 2. The summed E-state index contributed by atoms with van der Waals surface area (Å²) in [5, 5.41) is 20.3. The van der Waals surface area contributed by atoms with Crippen LogP contribution >= 0.6 is 0 Å². The quantitative estimate of drug-likeness (QED) is 0.385. The lowest BCUT2D eigenvalue weighted by atomic mass is 10.0. The second-order valence-corrected chi connectivity index (χ2v) is 9.09. The Balaban J connectivity index is 1.75. The van der Waals surface area contributed by atoms with Gasteiger partial charge in [0.25, 0.3) is 0 Å². The van der Waals surface area contributed by atoms with Crippen LogP contribution in [0.1, 0.15) is 17.0 Å². The van der Waals surface area contributed by atoms with Gasteiger partial charge in [-0.3, -0.25) is 0 Å². The third-order valence-electron chi connectivity index (χ3n) is 6.23. The van der Waals surface area contributed by atoms with Gasteiger partial charge >= 0.3 is 0 Å². The van der Waals surface area contributed by atoms with Crippen molar-refractivity contribution in [2.45, 2.75) is 33.0 Å². The zero-order valence-corrected chi connectivity index (χ0v) is 21.7. The van der Waals surface area contributed by atoms with Crippen LogP contribution < -0.4 is 20.3 Å². The lowest BCUT2D eigenvalue weighted by Gasteiger charge is -2.35. The number of aromatic nitrogens is 3. The van der Waals surface area contributed by atoms with Gasteiger partial charge in [-0.2, -0.15) is 0 Å². The summed E-state index contributed by atoms with van der Waals surface area (Å²) in [6.45, 7) is 9.39. The van der Waals surface area contributed by atoms with Crippen LogP contribution in [0.15, 0.2) is 28.8 Å². The molecular weight excluding hydrogens is 460 g/mol. The summed E-state index contributed by atoms with van der Waals surface area (Å²) in [5.74, 6) is 2.82. The molecular formula is C26H36N6O4. The molecule has 10 heteroatoms. The van der Waals surface area contributed by atoms with E-state index in [4.69, 9.17) is 24.0 Å². The minimum atomic E-state index is -0.598. The Morgan fingerprint density at radius 1 is 1.19 bits per heavy atom. The molecule has 194 valence electrons. The van der Waals surface area contributed by atoms with Crippen molar-refractivity contribution in [2.75, 3.05) is 58.4 Å². The van der Waals surface area contributed by atoms with Crippen molar-refractivity contribution in [3.05, 3.63) is 41.3 Å². The molecule has 0 aliphatic carbocycles. The lowest BCUT2D eigenvalue weighted by molar-refractivity contribution is 0.0418. The average Bonchev–Trinajstić information content (AvgIpc) is 3.21. The molecule has 3 N–H and O–H groups in total. The molecule has 1 saturated heterocycles. The number of aryl methyl sites for hydroxylation is 2. The van der Waals surface area contributed by atoms with Gasteiger partial charge in [-0.25, -0.2) is 9.97 Å². The first-order valence-electron chi connectivity index (χ1n) is 12.3. The number of aliphatic hydroxyl groups is 1. The van der Waals surface area contributed by atoms with Gasteiger partial charge in [0.2, 0.25) is 0 Å². The van der Waals surface area contributed by atoms with E-state index in [2.05, 4.69) is 20.7 Å². The Kier molecular flexibility index (Phi) is 8.52. The summed E-state index contributed by atoms with van der Waals surface area (Å²) in [6, 6.07) is 7.64. The van der Waals surface area contributed by atoms with Gasteiger partial charge in [0.05, 0.1) is 29.7 Å². The molecule has 1 fully saturated rings. The maximum Gasteiger partial charge on any atom is 0.162 e. The van der Waals surface area contributed by atoms with E-state index in [0.29, 0.717) is 24.7 Å². The van der Waals surface area contributed by atoms with Crippen LogP contribution in [0.4, 0.5) is 5.82 Å². The highest BCUT2D eigenvalue weighted by atomic mass is 16.5. The highest BCUT2D eigenvalue weighted by Crippen LogP contribution is 2.35. The van der Waals surface area contributed by atoms with E-state index in [-0.39, 0.29) is 12.7 Å². The number of anilines is 1. The number of ether oxygens (including phenoxy) is 2. The SMILES string of the molecule is CNCC(O)COc1cccc(-c2nc(-c3c(C)noc3C)c(C)c(N3CCOC(CNC)C3)n2)c1. The van der Waals surface area contributed by atoms with Crippen LogP contribution in [0.25, 0.3) is 22.6 Å².